The number of benzene rings is 3. The van der Waals surface area contributed by atoms with Gasteiger partial charge in [-0.3, -0.25) is 9.59 Å². The van der Waals surface area contributed by atoms with Crippen molar-refractivity contribution in [1.82, 2.24) is 0 Å². The van der Waals surface area contributed by atoms with Gasteiger partial charge in [0.15, 0.2) is 5.78 Å². The van der Waals surface area contributed by atoms with Gasteiger partial charge in [0, 0.05) is 22.4 Å². The van der Waals surface area contributed by atoms with Crippen LogP contribution in [0.25, 0.3) is 11.1 Å². The summed E-state index contributed by atoms with van der Waals surface area (Å²) in [6.07, 6.45) is 1.25. The lowest BCUT2D eigenvalue weighted by molar-refractivity contribution is 0.102. The zero-order chi connectivity index (χ0) is 19.8. The smallest absolute Gasteiger partial charge is 0.255 e. The third-order valence-corrected chi connectivity index (χ3v) is 8.25. The van der Waals surface area contributed by atoms with Crippen LogP contribution in [-0.2, 0) is 0 Å². The normalized spacial score (nSPS) is 15.7. The van der Waals surface area contributed by atoms with E-state index in [0.29, 0.717) is 21.3 Å². The average molecular weight is 418 g/mol. The molecule has 3 aromatic carbocycles. The Balaban J connectivity index is 1.38. The molecule has 0 spiro atoms. The Morgan fingerprint density at radius 1 is 0.828 bits per heavy atom. The van der Waals surface area contributed by atoms with Crippen LogP contribution >= 0.6 is 23.5 Å². The summed E-state index contributed by atoms with van der Waals surface area (Å²) in [5, 5.41) is 3.00. The lowest BCUT2D eigenvalue weighted by Crippen LogP contribution is -2.13. The Bertz CT molecular complexity index is 1120. The molecule has 0 unspecified atom stereocenters. The highest BCUT2D eigenvalue weighted by atomic mass is 32.2. The summed E-state index contributed by atoms with van der Waals surface area (Å²) in [5.74, 6) is 2.15. The third kappa shape index (κ3) is 3.49. The van der Waals surface area contributed by atoms with Crippen LogP contribution in [0.15, 0.2) is 66.7 Å². The van der Waals surface area contributed by atoms with Crippen LogP contribution in [0.5, 0.6) is 0 Å². The van der Waals surface area contributed by atoms with Crippen LogP contribution in [-0.4, -0.2) is 23.2 Å². The zero-order valence-corrected chi connectivity index (χ0v) is 17.3. The van der Waals surface area contributed by atoms with Crippen molar-refractivity contribution in [3.8, 4) is 11.1 Å². The third-order valence-electron chi connectivity index (χ3n) is 5.23. The van der Waals surface area contributed by atoms with Crippen LogP contribution in [0.2, 0.25) is 0 Å². The summed E-state index contributed by atoms with van der Waals surface area (Å²) in [7, 11) is 0. The maximum Gasteiger partial charge on any atom is 0.255 e. The Kier molecular flexibility index (Phi) is 4.94. The molecule has 1 N–H and O–H groups in total. The number of thioether (sulfide) groups is 2. The molecule has 1 heterocycles. The highest BCUT2D eigenvalue weighted by Crippen LogP contribution is 2.44. The summed E-state index contributed by atoms with van der Waals surface area (Å²) in [5.41, 5.74) is 5.66. The molecule has 5 heteroatoms. The first-order chi connectivity index (χ1) is 14.2. The number of ketones is 1. The first-order valence-corrected chi connectivity index (χ1v) is 11.7. The van der Waals surface area contributed by atoms with Gasteiger partial charge < -0.3 is 5.32 Å². The van der Waals surface area contributed by atoms with Gasteiger partial charge in [0.1, 0.15) is 0 Å². The summed E-state index contributed by atoms with van der Waals surface area (Å²) in [4.78, 5) is 25.6. The molecule has 0 atom stereocenters. The van der Waals surface area contributed by atoms with E-state index in [2.05, 4.69) is 17.4 Å². The van der Waals surface area contributed by atoms with Crippen molar-refractivity contribution in [2.24, 2.45) is 0 Å². The standard InChI is InChI=1S/C24H19NO2S2/c26-22-20-8-2-1-7-18(20)19-10-9-15(14-21(19)22)23(27)25-17-6-3-5-16(13-17)24-28-11-4-12-29-24/h1-3,5-10,13-14,24H,4,11-12H2,(H,25,27). The lowest BCUT2D eigenvalue weighted by atomic mass is 10.0. The molecule has 3 aromatic rings. The lowest BCUT2D eigenvalue weighted by Gasteiger charge is -2.21. The maximum atomic E-state index is 12.8. The van der Waals surface area contributed by atoms with Gasteiger partial charge in [-0.25, -0.2) is 0 Å². The van der Waals surface area contributed by atoms with Gasteiger partial charge in [-0.15, -0.1) is 23.5 Å². The van der Waals surface area contributed by atoms with Gasteiger partial charge in [-0.05, 0) is 58.9 Å². The van der Waals surface area contributed by atoms with E-state index in [-0.39, 0.29) is 11.7 Å². The predicted molar refractivity (Wildman–Crippen MR) is 122 cm³/mol. The first kappa shape index (κ1) is 18.5. The molecule has 29 heavy (non-hydrogen) atoms. The minimum Gasteiger partial charge on any atom is -0.322 e. The van der Waals surface area contributed by atoms with Gasteiger partial charge >= 0.3 is 0 Å². The van der Waals surface area contributed by atoms with E-state index in [4.69, 9.17) is 0 Å². The Morgan fingerprint density at radius 3 is 2.41 bits per heavy atom. The summed E-state index contributed by atoms with van der Waals surface area (Å²) in [6, 6.07) is 21.0. The number of nitrogens with one attached hydrogen (secondary N) is 1. The van der Waals surface area contributed by atoms with Gasteiger partial charge in [-0.1, -0.05) is 42.5 Å². The molecule has 1 amide bonds. The van der Waals surface area contributed by atoms with E-state index in [1.165, 1.54) is 23.5 Å². The Labute approximate surface area is 178 Å². The molecule has 1 aliphatic carbocycles. The van der Waals surface area contributed by atoms with Crippen LogP contribution < -0.4 is 5.32 Å². The zero-order valence-electron chi connectivity index (χ0n) is 15.7. The predicted octanol–water partition coefficient (Wildman–Crippen LogP) is 6.02. The molecule has 1 aliphatic heterocycles. The SMILES string of the molecule is O=C(Nc1cccc(C2SCCCS2)c1)c1ccc2c(c1)C(=O)c1ccccc1-2. The second kappa shape index (κ2) is 7.73. The van der Waals surface area contributed by atoms with Crippen molar-refractivity contribution < 1.29 is 9.59 Å². The topological polar surface area (TPSA) is 46.2 Å². The molecule has 0 saturated carbocycles. The van der Waals surface area contributed by atoms with E-state index in [0.717, 1.165) is 16.8 Å². The second-order valence-corrected chi connectivity index (χ2v) is 9.87. The number of carbonyl (C=O) groups excluding carboxylic acids is 2. The quantitative estimate of drug-likeness (QED) is 0.443. The van der Waals surface area contributed by atoms with E-state index < -0.39 is 0 Å². The van der Waals surface area contributed by atoms with E-state index in [1.54, 1.807) is 12.1 Å². The summed E-state index contributed by atoms with van der Waals surface area (Å²) >= 11 is 3.92. The molecule has 144 valence electrons. The van der Waals surface area contributed by atoms with E-state index in [1.807, 2.05) is 66.0 Å². The molecule has 5 rings (SSSR count). The van der Waals surface area contributed by atoms with Gasteiger partial charge in [-0.2, -0.15) is 0 Å². The monoisotopic (exact) mass is 417 g/mol. The number of carbonyl (C=O) groups is 2. The van der Waals surface area contributed by atoms with Crippen molar-refractivity contribution >= 4 is 40.9 Å². The van der Waals surface area contributed by atoms with Crippen molar-refractivity contribution in [1.29, 1.82) is 0 Å². The molecule has 0 aromatic heterocycles. The number of anilines is 1. The van der Waals surface area contributed by atoms with Crippen molar-refractivity contribution in [2.75, 3.05) is 16.8 Å². The first-order valence-electron chi connectivity index (χ1n) is 9.63. The molecule has 1 fully saturated rings. The summed E-state index contributed by atoms with van der Waals surface area (Å²) < 4.78 is 0.428. The molecule has 1 saturated heterocycles. The van der Waals surface area contributed by atoms with Crippen LogP contribution in [0.3, 0.4) is 0 Å². The van der Waals surface area contributed by atoms with Gasteiger partial charge in [0.05, 0.1) is 4.58 Å². The molecular weight excluding hydrogens is 398 g/mol. The number of rotatable bonds is 3. The number of hydrogen-bond acceptors (Lipinski definition) is 4. The van der Waals surface area contributed by atoms with E-state index in [9.17, 15) is 9.59 Å². The molecule has 0 radical (unpaired) electrons. The fourth-order valence-corrected chi connectivity index (χ4v) is 6.69. The van der Waals surface area contributed by atoms with Crippen LogP contribution in [0.1, 0.15) is 42.8 Å². The van der Waals surface area contributed by atoms with Crippen molar-refractivity contribution in [3.63, 3.8) is 0 Å². The minimum absolute atomic E-state index is 0.0152. The Hall–Kier alpha value is -2.50. The highest BCUT2D eigenvalue weighted by molar-refractivity contribution is 8.16. The van der Waals surface area contributed by atoms with Gasteiger partial charge in [0.25, 0.3) is 5.91 Å². The minimum atomic E-state index is -0.197. The van der Waals surface area contributed by atoms with E-state index >= 15 is 0 Å². The molecule has 3 nitrogen and oxygen atoms in total. The van der Waals surface area contributed by atoms with Crippen molar-refractivity contribution in [3.05, 3.63) is 89.0 Å². The fourth-order valence-electron chi connectivity index (χ4n) is 3.82. The largest absolute Gasteiger partial charge is 0.322 e. The molecular formula is C24H19NO2S2. The second-order valence-electron chi connectivity index (χ2n) is 7.14. The number of hydrogen-bond donors (Lipinski definition) is 1. The molecule has 2 aliphatic rings. The van der Waals surface area contributed by atoms with Crippen LogP contribution in [0, 0.1) is 0 Å². The van der Waals surface area contributed by atoms with Crippen molar-refractivity contribution in [2.45, 2.75) is 11.0 Å². The average Bonchev–Trinajstić information content (AvgIpc) is 3.06. The number of fused-ring (bicyclic) bond motifs is 3. The Morgan fingerprint density at radius 2 is 1.59 bits per heavy atom. The fraction of sp³-hybridized carbons (Fsp3) is 0.167. The molecule has 0 bridgehead atoms. The van der Waals surface area contributed by atoms with Crippen LogP contribution in [0.4, 0.5) is 5.69 Å². The maximum absolute atomic E-state index is 12.8. The number of amides is 1. The summed E-state index contributed by atoms with van der Waals surface area (Å²) in [6.45, 7) is 0. The van der Waals surface area contributed by atoms with Gasteiger partial charge in [0.2, 0.25) is 0 Å². The highest BCUT2D eigenvalue weighted by Gasteiger charge is 2.27.